The number of benzene rings is 2. The molecule has 0 aliphatic rings. The van der Waals surface area contributed by atoms with Crippen molar-refractivity contribution in [3.8, 4) is 0 Å². The monoisotopic (exact) mass is 326 g/mol. The number of carbonyl (C=O) groups excluding carboxylic acids is 3. The highest BCUT2D eigenvalue weighted by molar-refractivity contribution is 6.42. The fraction of sp³-hybridized carbons (Fsp3) is 0.118. The molecule has 0 heterocycles. The maximum atomic E-state index is 12.0. The van der Waals surface area contributed by atoms with Gasteiger partial charge in [0.2, 0.25) is 0 Å². The van der Waals surface area contributed by atoms with Crippen molar-refractivity contribution < 1.29 is 14.4 Å². The lowest BCUT2D eigenvalue weighted by Gasteiger charge is -2.13. The molecule has 0 saturated heterocycles. The summed E-state index contributed by atoms with van der Waals surface area (Å²) in [5.41, 5.74) is 7.42. The zero-order valence-electron chi connectivity index (χ0n) is 13.4. The van der Waals surface area contributed by atoms with Crippen LogP contribution >= 0.6 is 0 Å². The summed E-state index contributed by atoms with van der Waals surface area (Å²) in [6.45, 7) is 0. The van der Waals surface area contributed by atoms with Crippen LogP contribution in [-0.2, 0) is 9.59 Å². The number of hydrogen-bond acceptors (Lipinski definition) is 5. The van der Waals surface area contributed by atoms with E-state index in [1.54, 1.807) is 36.4 Å². The molecule has 0 radical (unpaired) electrons. The first-order valence-electron chi connectivity index (χ1n) is 7.17. The van der Waals surface area contributed by atoms with E-state index in [0.717, 1.165) is 5.69 Å². The van der Waals surface area contributed by atoms with Crippen LogP contribution in [-0.4, -0.2) is 31.8 Å². The van der Waals surface area contributed by atoms with Gasteiger partial charge in [0.15, 0.2) is 0 Å². The largest absolute Gasteiger partial charge is 0.398 e. The number of para-hydroxylation sites is 1. The normalized spacial score (nSPS) is 9.92. The van der Waals surface area contributed by atoms with Crippen molar-refractivity contribution in [1.82, 2.24) is 5.32 Å². The van der Waals surface area contributed by atoms with Crippen molar-refractivity contribution in [2.75, 3.05) is 30.0 Å². The van der Waals surface area contributed by atoms with Crippen molar-refractivity contribution in [2.24, 2.45) is 0 Å². The van der Waals surface area contributed by atoms with Gasteiger partial charge in [0.1, 0.15) is 0 Å². The van der Waals surface area contributed by atoms with Gasteiger partial charge >= 0.3 is 11.8 Å². The van der Waals surface area contributed by atoms with Gasteiger partial charge in [0, 0.05) is 31.2 Å². The highest BCUT2D eigenvalue weighted by Gasteiger charge is 2.19. The lowest BCUT2D eigenvalue weighted by Crippen LogP contribution is -2.39. The third-order valence-electron chi connectivity index (χ3n) is 3.28. The van der Waals surface area contributed by atoms with Crippen LogP contribution in [0.5, 0.6) is 0 Å². The highest BCUT2D eigenvalue weighted by Crippen LogP contribution is 2.15. The number of nitrogens with two attached hydrogens (primary N) is 1. The second kappa shape index (κ2) is 7.28. The van der Waals surface area contributed by atoms with E-state index in [1.165, 1.54) is 12.1 Å². The van der Waals surface area contributed by atoms with Crippen molar-refractivity contribution in [1.29, 1.82) is 0 Å². The lowest BCUT2D eigenvalue weighted by atomic mass is 10.1. The molecule has 7 nitrogen and oxygen atoms in total. The first-order chi connectivity index (χ1) is 11.4. The van der Waals surface area contributed by atoms with Gasteiger partial charge in [0.05, 0.1) is 5.56 Å². The first-order valence-corrected chi connectivity index (χ1v) is 7.17. The van der Waals surface area contributed by atoms with E-state index in [-0.39, 0.29) is 11.3 Å². The molecule has 0 saturated carbocycles. The summed E-state index contributed by atoms with van der Waals surface area (Å²) < 4.78 is 0. The molecule has 0 spiro atoms. The number of nitrogen functional groups attached to an aromatic ring is 1. The maximum absolute atomic E-state index is 12.0. The van der Waals surface area contributed by atoms with Crippen molar-refractivity contribution in [2.45, 2.75) is 0 Å². The maximum Gasteiger partial charge on any atom is 0.316 e. The standard InChI is InChI=1S/C17H18N4O3/c1-21(2)12-9-7-11(8-10-12)19-16(23)17(24)20-15(22)13-5-3-4-6-14(13)18/h3-10H,18H2,1-2H3,(H,19,23)(H,20,22,24). The Bertz CT molecular complexity index is 770. The Labute approximate surface area is 139 Å². The molecule has 0 fully saturated rings. The number of imide groups is 1. The van der Waals surface area contributed by atoms with Crippen molar-refractivity contribution in [3.63, 3.8) is 0 Å². The Balaban J connectivity index is 1.98. The average Bonchev–Trinajstić information content (AvgIpc) is 2.55. The van der Waals surface area contributed by atoms with Gasteiger partial charge in [-0.1, -0.05) is 12.1 Å². The van der Waals surface area contributed by atoms with E-state index < -0.39 is 17.7 Å². The number of hydrogen-bond donors (Lipinski definition) is 3. The number of rotatable bonds is 3. The molecule has 0 aliphatic heterocycles. The summed E-state index contributed by atoms with van der Waals surface area (Å²) in [5.74, 6) is -2.72. The number of carbonyl (C=O) groups is 3. The minimum atomic E-state index is -1.06. The summed E-state index contributed by atoms with van der Waals surface area (Å²) in [6, 6.07) is 13.2. The molecular formula is C17H18N4O3. The number of anilines is 3. The van der Waals surface area contributed by atoms with E-state index in [9.17, 15) is 14.4 Å². The molecule has 124 valence electrons. The van der Waals surface area contributed by atoms with E-state index in [1.807, 2.05) is 24.3 Å². The molecule has 0 aromatic heterocycles. The fourth-order valence-electron chi connectivity index (χ4n) is 1.96. The third kappa shape index (κ3) is 4.10. The molecule has 2 rings (SSSR count). The van der Waals surface area contributed by atoms with Gasteiger partial charge in [-0.2, -0.15) is 0 Å². The molecule has 2 aromatic rings. The van der Waals surface area contributed by atoms with Crippen LogP contribution in [0.1, 0.15) is 10.4 Å². The molecule has 0 atom stereocenters. The molecular weight excluding hydrogens is 308 g/mol. The van der Waals surface area contributed by atoms with Crippen LogP contribution in [0, 0.1) is 0 Å². The zero-order chi connectivity index (χ0) is 17.7. The SMILES string of the molecule is CN(C)c1ccc(NC(=O)C(=O)NC(=O)c2ccccc2N)cc1. The summed E-state index contributed by atoms with van der Waals surface area (Å²) in [4.78, 5) is 37.5. The zero-order valence-corrected chi connectivity index (χ0v) is 13.4. The predicted octanol–water partition coefficient (Wildman–Crippen LogP) is 1.23. The molecule has 3 amide bonds. The second-order valence-corrected chi connectivity index (χ2v) is 5.27. The summed E-state index contributed by atoms with van der Waals surface area (Å²) in [7, 11) is 3.78. The second-order valence-electron chi connectivity index (χ2n) is 5.27. The predicted molar refractivity (Wildman–Crippen MR) is 92.7 cm³/mol. The van der Waals surface area contributed by atoms with Crippen LogP contribution in [0.25, 0.3) is 0 Å². The van der Waals surface area contributed by atoms with Crippen molar-refractivity contribution >= 4 is 34.8 Å². The van der Waals surface area contributed by atoms with Gasteiger partial charge in [-0.3, -0.25) is 19.7 Å². The van der Waals surface area contributed by atoms with Gasteiger partial charge in [-0.05, 0) is 36.4 Å². The van der Waals surface area contributed by atoms with Crippen LogP contribution in [0.3, 0.4) is 0 Å². The van der Waals surface area contributed by atoms with E-state index >= 15 is 0 Å². The minimum Gasteiger partial charge on any atom is -0.398 e. The molecule has 0 unspecified atom stereocenters. The molecule has 0 bridgehead atoms. The van der Waals surface area contributed by atoms with Gasteiger partial charge in [0.25, 0.3) is 5.91 Å². The average molecular weight is 326 g/mol. The topological polar surface area (TPSA) is 105 Å². The molecule has 0 aliphatic carbocycles. The first kappa shape index (κ1) is 17.0. The molecule has 4 N–H and O–H groups in total. The summed E-state index contributed by atoms with van der Waals surface area (Å²) in [6.07, 6.45) is 0. The Morgan fingerprint density at radius 3 is 2.12 bits per heavy atom. The van der Waals surface area contributed by atoms with Gasteiger partial charge in [-0.25, -0.2) is 0 Å². The fourth-order valence-corrected chi connectivity index (χ4v) is 1.96. The quantitative estimate of drug-likeness (QED) is 0.581. The molecule has 2 aromatic carbocycles. The Kier molecular flexibility index (Phi) is 5.16. The molecule has 24 heavy (non-hydrogen) atoms. The van der Waals surface area contributed by atoms with Gasteiger partial charge in [-0.15, -0.1) is 0 Å². The Morgan fingerprint density at radius 1 is 0.917 bits per heavy atom. The van der Waals surface area contributed by atoms with Gasteiger partial charge < -0.3 is 16.0 Å². The Morgan fingerprint density at radius 2 is 1.54 bits per heavy atom. The minimum absolute atomic E-state index is 0.133. The number of amides is 3. The van der Waals surface area contributed by atoms with Crippen LogP contribution in [0.2, 0.25) is 0 Å². The van der Waals surface area contributed by atoms with E-state index in [4.69, 9.17) is 5.73 Å². The number of nitrogens with one attached hydrogen (secondary N) is 2. The summed E-state index contributed by atoms with van der Waals surface area (Å²) >= 11 is 0. The van der Waals surface area contributed by atoms with Crippen LogP contribution < -0.4 is 21.3 Å². The van der Waals surface area contributed by atoms with E-state index in [2.05, 4.69) is 5.32 Å². The number of nitrogens with zero attached hydrogens (tertiary/aromatic N) is 1. The molecule has 7 heteroatoms. The smallest absolute Gasteiger partial charge is 0.316 e. The Hall–Kier alpha value is -3.35. The van der Waals surface area contributed by atoms with Crippen molar-refractivity contribution in [3.05, 3.63) is 54.1 Å². The highest BCUT2D eigenvalue weighted by atomic mass is 16.2. The van der Waals surface area contributed by atoms with Crippen LogP contribution in [0.15, 0.2) is 48.5 Å². The third-order valence-corrected chi connectivity index (χ3v) is 3.28. The summed E-state index contributed by atoms with van der Waals surface area (Å²) in [5, 5.41) is 4.43. The van der Waals surface area contributed by atoms with Crippen LogP contribution in [0.4, 0.5) is 17.1 Å². The lowest BCUT2D eigenvalue weighted by molar-refractivity contribution is -0.135. The van der Waals surface area contributed by atoms with E-state index in [0.29, 0.717) is 5.69 Å².